The molecule has 21 heavy (non-hydrogen) atoms. The van der Waals surface area contributed by atoms with Crippen molar-refractivity contribution in [2.45, 2.75) is 19.6 Å². The van der Waals surface area contributed by atoms with Crippen molar-refractivity contribution >= 4 is 0 Å². The van der Waals surface area contributed by atoms with Crippen molar-refractivity contribution in [3.05, 3.63) is 23.8 Å². The van der Waals surface area contributed by atoms with Gasteiger partial charge in [0.1, 0.15) is 0 Å². The van der Waals surface area contributed by atoms with E-state index in [2.05, 4.69) is 5.32 Å². The monoisotopic (exact) mass is 307 g/mol. The van der Waals surface area contributed by atoms with Gasteiger partial charge in [0.05, 0.1) is 13.2 Å². The third-order valence-electron chi connectivity index (χ3n) is 2.54. The highest BCUT2D eigenvalue weighted by molar-refractivity contribution is 5.46. The molecule has 1 rings (SSSR count). The van der Waals surface area contributed by atoms with E-state index in [9.17, 15) is 13.2 Å². The number of hydrogen-bond donors (Lipinski definition) is 1. The molecule has 0 bridgehead atoms. The zero-order valence-electron chi connectivity index (χ0n) is 12.1. The van der Waals surface area contributed by atoms with Gasteiger partial charge in [0.25, 0.3) is 0 Å². The van der Waals surface area contributed by atoms with Crippen LogP contribution in [0.4, 0.5) is 13.2 Å². The van der Waals surface area contributed by atoms with Crippen LogP contribution in [0, 0.1) is 0 Å². The molecule has 0 radical (unpaired) electrons. The molecule has 1 aromatic rings. The van der Waals surface area contributed by atoms with E-state index >= 15 is 0 Å². The Morgan fingerprint density at radius 3 is 2.57 bits per heavy atom. The highest BCUT2D eigenvalue weighted by atomic mass is 19.4. The lowest BCUT2D eigenvalue weighted by molar-refractivity contribution is -0.153. The Bertz CT molecular complexity index is 424. The lowest BCUT2D eigenvalue weighted by atomic mass is 10.2. The van der Waals surface area contributed by atoms with Gasteiger partial charge >= 0.3 is 6.18 Å². The minimum absolute atomic E-state index is 0.126. The molecule has 0 saturated carbocycles. The van der Waals surface area contributed by atoms with Crippen LogP contribution in [-0.2, 0) is 11.3 Å². The number of benzene rings is 1. The second-order valence-electron chi connectivity index (χ2n) is 4.25. The maximum absolute atomic E-state index is 12.3. The number of halogens is 3. The summed E-state index contributed by atoms with van der Waals surface area (Å²) in [6.45, 7) is 2.25. The van der Waals surface area contributed by atoms with Crippen LogP contribution in [0.15, 0.2) is 18.2 Å². The average molecular weight is 307 g/mol. The first kappa shape index (κ1) is 17.6. The molecule has 0 spiro atoms. The van der Waals surface area contributed by atoms with Crippen LogP contribution in [0.25, 0.3) is 0 Å². The van der Waals surface area contributed by atoms with Gasteiger partial charge in [-0.3, -0.25) is 0 Å². The molecule has 0 aliphatic heterocycles. The summed E-state index contributed by atoms with van der Waals surface area (Å²) in [5.41, 5.74) is 0.612. The number of methoxy groups -OCH3 is 1. The Morgan fingerprint density at radius 2 is 1.95 bits per heavy atom. The molecule has 1 N–H and O–H groups in total. The first-order chi connectivity index (χ1) is 9.98. The van der Waals surface area contributed by atoms with Gasteiger partial charge < -0.3 is 19.5 Å². The third kappa shape index (κ3) is 6.68. The second kappa shape index (κ2) is 8.74. The fraction of sp³-hybridized carbons (Fsp3) is 0.571. The summed E-state index contributed by atoms with van der Waals surface area (Å²) in [4.78, 5) is 0. The van der Waals surface area contributed by atoms with Gasteiger partial charge in [-0.15, -0.1) is 0 Å². The summed E-state index contributed by atoms with van der Waals surface area (Å²) >= 11 is 0. The maximum Gasteiger partial charge on any atom is 0.422 e. The SMILES string of the molecule is CCOc1cccc(CNCCOC)c1OCC(F)(F)F. The van der Waals surface area contributed by atoms with Crippen LogP contribution in [-0.4, -0.2) is 39.7 Å². The van der Waals surface area contributed by atoms with Gasteiger partial charge in [0.15, 0.2) is 18.1 Å². The zero-order chi connectivity index (χ0) is 15.7. The first-order valence-corrected chi connectivity index (χ1v) is 6.61. The minimum Gasteiger partial charge on any atom is -0.490 e. The molecular weight excluding hydrogens is 287 g/mol. The molecule has 120 valence electrons. The number of rotatable bonds is 9. The van der Waals surface area contributed by atoms with Crippen molar-refractivity contribution in [3.63, 3.8) is 0 Å². The average Bonchev–Trinajstić information content (AvgIpc) is 2.42. The van der Waals surface area contributed by atoms with E-state index in [0.717, 1.165) is 0 Å². The van der Waals surface area contributed by atoms with Crippen molar-refractivity contribution in [3.8, 4) is 11.5 Å². The van der Waals surface area contributed by atoms with Gasteiger partial charge in [0.2, 0.25) is 0 Å². The molecule has 0 saturated heterocycles. The molecule has 1 aromatic carbocycles. The molecule has 0 aliphatic rings. The molecule has 0 heterocycles. The number of hydrogen-bond acceptors (Lipinski definition) is 4. The highest BCUT2D eigenvalue weighted by Gasteiger charge is 2.29. The fourth-order valence-electron chi connectivity index (χ4n) is 1.68. The Hall–Kier alpha value is -1.47. The molecule has 0 aromatic heterocycles. The normalized spacial score (nSPS) is 11.5. The van der Waals surface area contributed by atoms with Gasteiger partial charge in [-0.25, -0.2) is 0 Å². The van der Waals surface area contributed by atoms with Crippen LogP contribution < -0.4 is 14.8 Å². The van der Waals surface area contributed by atoms with Gasteiger partial charge in [0, 0.05) is 25.8 Å². The molecule has 4 nitrogen and oxygen atoms in total. The quantitative estimate of drug-likeness (QED) is 0.712. The maximum atomic E-state index is 12.3. The minimum atomic E-state index is -4.39. The number of para-hydroxylation sites is 1. The summed E-state index contributed by atoms with van der Waals surface area (Å²) in [7, 11) is 1.58. The van der Waals surface area contributed by atoms with Crippen molar-refractivity contribution in [2.75, 3.05) is 33.5 Å². The zero-order valence-corrected chi connectivity index (χ0v) is 12.1. The summed E-state index contributed by atoms with van der Waals surface area (Å²) in [6, 6.07) is 5.01. The van der Waals surface area contributed by atoms with E-state index in [0.29, 0.717) is 37.6 Å². The van der Waals surface area contributed by atoms with Crippen molar-refractivity contribution in [1.29, 1.82) is 0 Å². The van der Waals surface area contributed by atoms with Gasteiger partial charge in [-0.1, -0.05) is 12.1 Å². The van der Waals surface area contributed by atoms with E-state index in [-0.39, 0.29) is 5.75 Å². The smallest absolute Gasteiger partial charge is 0.422 e. The van der Waals surface area contributed by atoms with Crippen molar-refractivity contribution < 1.29 is 27.4 Å². The summed E-state index contributed by atoms with van der Waals surface area (Å²) < 4.78 is 52.2. The van der Waals surface area contributed by atoms with Crippen LogP contribution in [0.2, 0.25) is 0 Å². The number of ether oxygens (including phenoxy) is 3. The Labute approximate surface area is 122 Å². The molecule has 7 heteroatoms. The molecule has 0 amide bonds. The summed E-state index contributed by atoms with van der Waals surface area (Å²) in [5, 5.41) is 3.07. The Balaban J connectivity index is 2.81. The predicted octanol–water partition coefficient (Wildman–Crippen LogP) is 2.76. The van der Waals surface area contributed by atoms with E-state index in [1.54, 1.807) is 32.2 Å². The second-order valence-corrected chi connectivity index (χ2v) is 4.25. The molecule has 0 unspecified atom stereocenters. The van der Waals surface area contributed by atoms with Crippen molar-refractivity contribution in [2.24, 2.45) is 0 Å². The van der Waals surface area contributed by atoms with E-state index in [1.165, 1.54) is 0 Å². The van der Waals surface area contributed by atoms with Gasteiger partial charge in [-0.05, 0) is 13.0 Å². The Morgan fingerprint density at radius 1 is 1.19 bits per heavy atom. The topological polar surface area (TPSA) is 39.7 Å². The standard InChI is InChI=1S/C14H20F3NO3/c1-3-20-12-6-4-5-11(9-18-7-8-19-2)13(12)21-10-14(15,16)17/h4-6,18H,3,7-10H2,1-2H3. The van der Waals surface area contributed by atoms with Crippen LogP contribution in [0.5, 0.6) is 11.5 Å². The molecule has 0 atom stereocenters. The lowest BCUT2D eigenvalue weighted by Crippen LogP contribution is -2.22. The van der Waals surface area contributed by atoms with Crippen LogP contribution in [0.3, 0.4) is 0 Å². The first-order valence-electron chi connectivity index (χ1n) is 6.61. The number of alkyl halides is 3. The van der Waals surface area contributed by atoms with Crippen molar-refractivity contribution in [1.82, 2.24) is 5.32 Å². The highest BCUT2D eigenvalue weighted by Crippen LogP contribution is 2.32. The Kier molecular flexibility index (Phi) is 7.31. The van der Waals surface area contributed by atoms with E-state index in [1.807, 2.05) is 0 Å². The fourth-order valence-corrected chi connectivity index (χ4v) is 1.68. The van der Waals surface area contributed by atoms with Crippen LogP contribution in [0.1, 0.15) is 12.5 Å². The molecular formula is C14H20F3NO3. The predicted molar refractivity (Wildman–Crippen MR) is 72.7 cm³/mol. The lowest BCUT2D eigenvalue weighted by Gasteiger charge is -2.17. The van der Waals surface area contributed by atoms with E-state index in [4.69, 9.17) is 14.2 Å². The summed E-state index contributed by atoms with van der Waals surface area (Å²) in [5.74, 6) is 0.439. The molecule has 0 aliphatic carbocycles. The summed E-state index contributed by atoms with van der Waals surface area (Å²) in [6.07, 6.45) is -4.39. The largest absolute Gasteiger partial charge is 0.490 e. The van der Waals surface area contributed by atoms with Gasteiger partial charge in [-0.2, -0.15) is 13.2 Å². The van der Waals surface area contributed by atoms with Crippen LogP contribution >= 0.6 is 0 Å². The number of nitrogens with one attached hydrogen (secondary N) is 1. The third-order valence-corrected chi connectivity index (χ3v) is 2.54. The molecule has 0 fully saturated rings. The van der Waals surface area contributed by atoms with E-state index < -0.39 is 12.8 Å².